The standard InChI is InChI=1S/C19H19F6N5O2/c20-18(21,22)12-3-4-14(32-10-11-2-1-5-26-7-11)13(6-12)29-17(31)30-16-9-27-15(8-28-16)19(23,24)25/h3-4,6,8-9,11,26H,1-2,5,7,10H2,(H2,28,29,30,31). The number of halogens is 6. The molecule has 174 valence electrons. The number of carbonyl (C=O) groups excluding carboxylic acids is 1. The van der Waals surface area contributed by atoms with E-state index in [1.807, 2.05) is 0 Å². The van der Waals surface area contributed by atoms with Gasteiger partial charge in [-0.15, -0.1) is 0 Å². The van der Waals surface area contributed by atoms with Gasteiger partial charge in [-0.2, -0.15) is 26.3 Å². The Morgan fingerprint density at radius 1 is 1.09 bits per heavy atom. The zero-order valence-corrected chi connectivity index (χ0v) is 16.5. The number of nitrogens with zero attached hydrogens (tertiary/aromatic N) is 2. The number of amides is 2. The van der Waals surface area contributed by atoms with Crippen molar-refractivity contribution in [2.75, 3.05) is 30.3 Å². The van der Waals surface area contributed by atoms with Crippen LogP contribution < -0.4 is 20.7 Å². The highest BCUT2D eigenvalue weighted by atomic mass is 19.4. The number of alkyl halides is 6. The Labute approximate surface area is 178 Å². The summed E-state index contributed by atoms with van der Waals surface area (Å²) < 4.78 is 82.6. The molecule has 1 aliphatic rings. The third-order valence-electron chi connectivity index (χ3n) is 4.61. The molecule has 13 heteroatoms. The smallest absolute Gasteiger partial charge is 0.434 e. The maximum atomic E-state index is 13.1. The molecule has 1 fully saturated rings. The lowest BCUT2D eigenvalue weighted by Crippen LogP contribution is -2.33. The van der Waals surface area contributed by atoms with Gasteiger partial charge in [-0.25, -0.2) is 14.8 Å². The number of benzene rings is 1. The highest BCUT2D eigenvalue weighted by Crippen LogP contribution is 2.35. The van der Waals surface area contributed by atoms with E-state index >= 15 is 0 Å². The van der Waals surface area contributed by atoms with E-state index in [0.717, 1.165) is 31.5 Å². The predicted octanol–water partition coefficient (Wildman–Crippen LogP) is 4.54. The topological polar surface area (TPSA) is 88.2 Å². The van der Waals surface area contributed by atoms with Crippen molar-refractivity contribution in [1.82, 2.24) is 15.3 Å². The van der Waals surface area contributed by atoms with Crippen molar-refractivity contribution in [2.45, 2.75) is 25.2 Å². The van der Waals surface area contributed by atoms with Crippen molar-refractivity contribution in [2.24, 2.45) is 5.92 Å². The molecule has 1 aromatic heterocycles. The van der Waals surface area contributed by atoms with Crippen molar-refractivity contribution in [1.29, 1.82) is 0 Å². The Hall–Kier alpha value is -3.09. The maximum absolute atomic E-state index is 13.1. The molecular weight excluding hydrogens is 444 g/mol. The van der Waals surface area contributed by atoms with Crippen molar-refractivity contribution in [3.63, 3.8) is 0 Å². The van der Waals surface area contributed by atoms with Gasteiger partial charge in [0.25, 0.3) is 0 Å². The third-order valence-corrected chi connectivity index (χ3v) is 4.61. The lowest BCUT2D eigenvalue weighted by Gasteiger charge is -2.23. The number of anilines is 2. The van der Waals surface area contributed by atoms with Gasteiger partial charge in [-0.1, -0.05) is 0 Å². The molecule has 0 saturated carbocycles. The first-order valence-electron chi connectivity index (χ1n) is 9.54. The summed E-state index contributed by atoms with van der Waals surface area (Å²) in [6.45, 7) is 1.83. The largest absolute Gasteiger partial charge is 0.491 e. The Balaban J connectivity index is 1.72. The molecule has 32 heavy (non-hydrogen) atoms. The molecule has 1 unspecified atom stereocenters. The second-order valence-electron chi connectivity index (χ2n) is 7.10. The number of urea groups is 1. The van der Waals surface area contributed by atoms with Crippen LogP contribution in [0.3, 0.4) is 0 Å². The summed E-state index contributed by atoms with van der Waals surface area (Å²) in [5.74, 6) is -0.134. The van der Waals surface area contributed by atoms with Crippen LogP contribution in [0.1, 0.15) is 24.1 Å². The van der Waals surface area contributed by atoms with E-state index < -0.39 is 29.6 Å². The molecule has 3 N–H and O–H groups in total. The van der Waals surface area contributed by atoms with E-state index in [0.29, 0.717) is 25.0 Å². The normalized spacial score (nSPS) is 17.0. The molecular formula is C19H19F6N5O2. The molecule has 2 amide bonds. The van der Waals surface area contributed by atoms with Crippen LogP contribution in [0.2, 0.25) is 0 Å². The number of rotatable bonds is 5. The van der Waals surface area contributed by atoms with E-state index in [1.54, 1.807) is 0 Å². The highest BCUT2D eigenvalue weighted by Gasteiger charge is 2.33. The summed E-state index contributed by atoms with van der Waals surface area (Å²) in [5.41, 5.74) is -2.51. The minimum atomic E-state index is -4.70. The second kappa shape index (κ2) is 9.59. The Morgan fingerprint density at radius 2 is 1.88 bits per heavy atom. The zero-order chi connectivity index (χ0) is 23.4. The molecule has 0 spiro atoms. The molecule has 0 radical (unpaired) electrons. The number of nitrogens with one attached hydrogen (secondary N) is 3. The van der Waals surface area contributed by atoms with Crippen LogP contribution in [-0.2, 0) is 12.4 Å². The third kappa shape index (κ3) is 6.45. The van der Waals surface area contributed by atoms with Crippen LogP contribution in [0.4, 0.5) is 42.6 Å². The Bertz CT molecular complexity index is 927. The summed E-state index contributed by atoms with van der Waals surface area (Å²) in [7, 11) is 0. The first-order valence-corrected chi connectivity index (χ1v) is 9.54. The first-order chi connectivity index (χ1) is 15.0. The zero-order valence-electron chi connectivity index (χ0n) is 16.5. The molecule has 0 bridgehead atoms. The van der Waals surface area contributed by atoms with Gasteiger partial charge in [0.1, 0.15) is 5.75 Å². The van der Waals surface area contributed by atoms with Gasteiger partial charge in [0.2, 0.25) is 0 Å². The quantitative estimate of drug-likeness (QED) is 0.567. The highest BCUT2D eigenvalue weighted by molar-refractivity contribution is 6.00. The van der Waals surface area contributed by atoms with Crippen molar-refractivity contribution in [3.8, 4) is 5.75 Å². The SMILES string of the molecule is O=C(Nc1cnc(C(F)(F)F)cn1)Nc1cc(C(F)(F)F)ccc1OCC1CCCNC1. The lowest BCUT2D eigenvalue weighted by molar-refractivity contribution is -0.141. The van der Waals surface area contributed by atoms with Gasteiger partial charge in [-0.3, -0.25) is 5.32 Å². The van der Waals surface area contributed by atoms with Crippen molar-refractivity contribution < 1.29 is 35.9 Å². The van der Waals surface area contributed by atoms with Gasteiger partial charge in [-0.05, 0) is 37.6 Å². The number of ether oxygens (including phenoxy) is 1. The van der Waals surface area contributed by atoms with Crippen molar-refractivity contribution >= 4 is 17.5 Å². The lowest BCUT2D eigenvalue weighted by atomic mass is 10.0. The Morgan fingerprint density at radius 3 is 2.47 bits per heavy atom. The fourth-order valence-corrected chi connectivity index (χ4v) is 3.01. The van der Waals surface area contributed by atoms with Crippen LogP contribution in [-0.4, -0.2) is 35.7 Å². The minimum absolute atomic E-state index is 0.0252. The molecule has 1 aliphatic heterocycles. The second-order valence-corrected chi connectivity index (χ2v) is 7.10. The number of carbonyl (C=O) groups is 1. The number of aromatic nitrogens is 2. The van der Waals surface area contributed by atoms with E-state index in [2.05, 4.69) is 25.9 Å². The van der Waals surface area contributed by atoms with Gasteiger partial charge in [0.05, 0.1) is 30.3 Å². The summed E-state index contributed by atoms with van der Waals surface area (Å²) in [6, 6.07) is 1.63. The van der Waals surface area contributed by atoms with Crippen LogP contribution in [0.25, 0.3) is 0 Å². The van der Waals surface area contributed by atoms with E-state index in [1.165, 1.54) is 0 Å². The fraction of sp³-hybridized carbons (Fsp3) is 0.421. The average molecular weight is 463 g/mol. The number of piperidine rings is 1. The van der Waals surface area contributed by atoms with Gasteiger partial charge < -0.3 is 15.4 Å². The summed E-state index contributed by atoms with van der Waals surface area (Å²) in [6.07, 6.45) is -6.41. The predicted molar refractivity (Wildman–Crippen MR) is 102 cm³/mol. The van der Waals surface area contributed by atoms with Crippen molar-refractivity contribution in [3.05, 3.63) is 41.9 Å². The van der Waals surface area contributed by atoms with Crippen LogP contribution >= 0.6 is 0 Å². The molecule has 3 rings (SSSR count). The molecule has 1 saturated heterocycles. The van der Waals surface area contributed by atoms with Gasteiger partial charge in [0, 0.05) is 12.5 Å². The van der Waals surface area contributed by atoms with E-state index in [9.17, 15) is 31.1 Å². The molecule has 0 aliphatic carbocycles. The average Bonchev–Trinajstić information content (AvgIpc) is 2.72. The summed E-state index contributed by atoms with van der Waals surface area (Å²) >= 11 is 0. The Kier molecular flexibility index (Phi) is 7.06. The van der Waals surface area contributed by atoms with Crippen LogP contribution in [0, 0.1) is 5.92 Å². The van der Waals surface area contributed by atoms with Crippen LogP contribution in [0.15, 0.2) is 30.6 Å². The molecule has 2 heterocycles. The number of hydrogen-bond acceptors (Lipinski definition) is 5. The fourth-order valence-electron chi connectivity index (χ4n) is 3.01. The first kappa shape index (κ1) is 23.6. The summed E-state index contributed by atoms with van der Waals surface area (Å²) in [4.78, 5) is 18.8. The summed E-state index contributed by atoms with van der Waals surface area (Å²) in [5, 5.41) is 7.54. The molecule has 7 nitrogen and oxygen atoms in total. The minimum Gasteiger partial charge on any atom is -0.491 e. The molecule has 1 atom stereocenters. The van der Waals surface area contributed by atoms with Gasteiger partial charge >= 0.3 is 18.4 Å². The molecule has 2 aromatic rings. The maximum Gasteiger partial charge on any atom is 0.434 e. The van der Waals surface area contributed by atoms with Crippen LogP contribution in [0.5, 0.6) is 5.75 Å². The van der Waals surface area contributed by atoms with E-state index in [-0.39, 0.29) is 29.8 Å². The van der Waals surface area contributed by atoms with E-state index in [4.69, 9.17) is 4.74 Å². The number of hydrogen-bond donors (Lipinski definition) is 3. The van der Waals surface area contributed by atoms with Gasteiger partial charge in [0.15, 0.2) is 11.5 Å². The molecule has 1 aromatic carbocycles. The monoisotopic (exact) mass is 463 g/mol.